The Labute approximate surface area is 140 Å². The fourth-order valence-electron chi connectivity index (χ4n) is 2.78. The van der Waals surface area contributed by atoms with Crippen LogP contribution < -0.4 is 0 Å². The highest BCUT2D eigenvalue weighted by Crippen LogP contribution is 2.28. The zero-order valence-corrected chi connectivity index (χ0v) is 14.9. The summed E-state index contributed by atoms with van der Waals surface area (Å²) in [6.45, 7) is 6.85. The van der Waals surface area contributed by atoms with Crippen molar-refractivity contribution in [1.82, 2.24) is 4.90 Å². The molecule has 0 amide bonds. The van der Waals surface area contributed by atoms with Crippen molar-refractivity contribution < 1.29 is 9.84 Å². The molecule has 3 nitrogen and oxygen atoms in total. The highest BCUT2D eigenvalue weighted by molar-refractivity contribution is 9.10. The second kappa shape index (κ2) is 7.93. The summed E-state index contributed by atoms with van der Waals surface area (Å²) >= 11 is 9.58. The van der Waals surface area contributed by atoms with E-state index in [1.807, 2.05) is 18.2 Å². The van der Waals surface area contributed by atoms with Gasteiger partial charge in [0.15, 0.2) is 0 Å². The molecule has 1 saturated heterocycles. The Morgan fingerprint density at radius 1 is 1.52 bits per heavy atom. The van der Waals surface area contributed by atoms with Crippen molar-refractivity contribution in [2.24, 2.45) is 0 Å². The normalized spacial score (nSPS) is 25.0. The zero-order valence-electron chi connectivity index (χ0n) is 12.6. The molecule has 118 valence electrons. The van der Waals surface area contributed by atoms with Crippen LogP contribution in [0.1, 0.15) is 38.4 Å². The van der Waals surface area contributed by atoms with Crippen LogP contribution in [0.15, 0.2) is 22.7 Å². The van der Waals surface area contributed by atoms with Gasteiger partial charge in [-0.05, 0) is 37.5 Å². The highest BCUT2D eigenvalue weighted by Gasteiger charge is 2.26. The van der Waals surface area contributed by atoms with Crippen LogP contribution in [0.3, 0.4) is 0 Å². The van der Waals surface area contributed by atoms with Crippen LogP contribution in [0.25, 0.3) is 0 Å². The zero-order chi connectivity index (χ0) is 15.4. The number of ether oxygens (including phenoxy) is 1. The monoisotopic (exact) mass is 375 g/mol. The first-order valence-corrected chi connectivity index (χ1v) is 8.67. The second-order valence-electron chi connectivity index (χ2n) is 5.67. The van der Waals surface area contributed by atoms with Gasteiger partial charge in [-0.1, -0.05) is 40.5 Å². The molecule has 1 N–H and O–H groups in total. The van der Waals surface area contributed by atoms with E-state index in [1.54, 1.807) is 0 Å². The van der Waals surface area contributed by atoms with Crippen LogP contribution in [0.4, 0.5) is 0 Å². The fraction of sp³-hybridized carbons (Fsp3) is 0.625. The number of halogens is 2. The molecule has 1 aromatic carbocycles. The summed E-state index contributed by atoms with van der Waals surface area (Å²) in [5.74, 6) is 0. The van der Waals surface area contributed by atoms with E-state index >= 15 is 0 Å². The lowest BCUT2D eigenvalue weighted by atomic mass is 10.0. The Kier molecular flexibility index (Phi) is 6.51. The topological polar surface area (TPSA) is 32.7 Å². The van der Waals surface area contributed by atoms with E-state index in [0.29, 0.717) is 17.5 Å². The molecular formula is C16H23BrClNO2. The van der Waals surface area contributed by atoms with Gasteiger partial charge < -0.3 is 9.84 Å². The van der Waals surface area contributed by atoms with Gasteiger partial charge in [-0.15, -0.1) is 0 Å². The Balaban J connectivity index is 1.94. The molecule has 0 saturated carbocycles. The maximum absolute atomic E-state index is 10.4. The summed E-state index contributed by atoms with van der Waals surface area (Å²) in [5, 5.41) is 11.0. The van der Waals surface area contributed by atoms with Gasteiger partial charge in [0.2, 0.25) is 0 Å². The lowest BCUT2D eigenvalue weighted by molar-refractivity contribution is -0.0591. The van der Waals surface area contributed by atoms with Crippen LogP contribution >= 0.6 is 27.5 Å². The van der Waals surface area contributed by atoms with Gasteiger partial charge in [0.25, 0.3) is 0 Å². The summed E-state index contributed by atoms with van der Waals surface area (Å²) in [6.07, 6.45) is 1.49. The minimum Gasteiger partial charge on any atom is -0.388 e. The summed E-state index contributed by atoms with van der Waals surface area (Å²) in [7, 11) is 0. The molecule has 1 aliphatic rings. The molecule has 3 atom stereocenters. The predicted molar refractivity (Wildman–Crippen MR) is 89.8 cm³/mol. The summed E-state index contributed by atoms with van der Waals surface area (Å²) in [4.78, 5) is 2.42. The Morgan fingerprint density at radius 3 is 2.95 bits per heavy atom. The highest BCUT2D eigenvalue weighted by atomic mass is 79.9. The molecule has 0 radical (unpaired) electrons. The van der Waals surface area contributed by atoms with E-state index in [-0.39, 0.29) is 6.10 Å². The van der Waals surface area contributed by atoms with Gasteiger partial charge in [-0.25, -0.2) is 0 Å². The van der Waals surface area contributed by atoms with Crippen molar-refractivity contribution in [1.29, 1.82) is 0 Å². The number of rotatable bonds is 5. The minimum atomic E-state index is -0.527. The fourth-order valence-corrected chi connectivity index (χ4v) is 3.58. The van der Waals surface area contributed by atoms with Gasteiger partial charge in [0.05, 0.1) is 18.8 Å². The Morgan fingerprint density at radius 2 is 2.29 bits per heavy atom. The van der Waals surface area contributed by atoms with Crippen LogP contribution in [0.2, 0.25) is 5.02 Å². The first-order chi connectivity index (χ1) is 10.0. The molecule has 1 aromatic rings. The third kappa shape index (κ3) is 4.67. The van der Waals surface area contributed by atoms with Crippen LogP contribution in [-0.2, 0) is 4.74 Å². The van der Waals surface area contributed by atoms with Crippen molar-refractivity contribution in [3.05, 3.63) is 33.3 Å². The minimum absolute atomic E-state index is 0.265. The number of morpholine rings is 1. The van der Waals surface area contributed by atoms with Crippen LogP contribution in [-0.4, -0.2) is 41.8 Å². The predicted octanol–water partition coefficient (Wildman–Crippen LogP) is 4.03. The van der Waals surface area contributed by atoms with E-state index in [9.17, 15) is 5.11 Å². The molecule has 1 heterocycles. The van der Waals surface area contributed by atoms with E-state index in [2.05, 4.69) is 34.7 Å². The molecule has 21 heavy (non-hydrogen) atoms. The van der Waals surface area contributed by atoms with Crippen molar-refractivity contribution in [3.8, 4) is 0 Å². The molecule has 2 rings (SSSR count). The Hall–Kier alpha value is -0.130. The van der Waals surface area contributed by atoms with Crippen LogP contribution in [0, 0.1) is 0 Å². The number of aliphatic hydroxyl groups is 1. The number of benzene rings is 1. The molecule has 0 aromatic heterocycles. The number of nitrogens with zero attached hydrogens (tertiary/aromatic N) is 1. The molecule has 1 aliphatic heterocycles. The van der Waals surface area contributed by atoms with Gasteiger partial charge in [0.1, 0.15) is 0 Å². The number of aliphatic hydroxyl groups excluding tert-OH is 1. The second-order valence-corrected chi connectivity index (χ2v) is 6.99. The van der Waals surface area contributed by atoms with E-state index in [0.717, 1.165) is 36.2 Å². The summed E-state index contributed by atoms with van der Waals surface area (Å²) in [6, 6.07) is 6.08. The molecule has 3 unspecified atom stereocenters. The average Bonchev–Trinajstić information content (AvgIpc) is 2.45. The molecule has 1 fully saturated rings. The maximum atomic E-state index is 10.4. The summed E-state index contributed by atoms with van der Waals surface area (Å²) in [5.41, 5.74) is 0.800. The number of hydrogen-bond donors (Lipinski definition) is 1. The standard InChI is InChI=1S/C16H23BrClNO2/c1-3-13-10-21-11(2)9-19(13)7-6-16(20)14-5-4-12(17)8-15(14)18/h4-5,8,11,13,16,20H,3,6-7,9-10H2,1-2H3. The first-order valence-electron chi connectivity index (χ1n) is 7.50. The van der Waals surface area contributed by atoms with Gasteiger partial charge in [-0.2, -0.15) is 0 Å². The smallest absolute Gasteiger partial charge is 0.0816 e. The van der Waals surface area contributed by atoms with E-state index < -0.39 is 6.10 Å². The first kappa shape index (κ1) is 17.2. The summed E-state index contributed by atoms with van der Waals surface area (Å²) < 4.78 is 6.63. The number of hydrogen-bond acceptors (Lipinski definition) is 3. The SMILES string of the molecule is CCC1COC(C)CN1CCC(O)c1ccc(Br)cc1Cl. The molecule has 0 spiro atoms. The van der Waals surface area contributed by atoms with E-state index in [4.69, 9.17) is 16.3 Å². The van der Waals surface area contributed by atoms with Crippen molar-refractivity contribution in [2.45, 2.75) is 44.9 Å². The molecule has 5 heteroatoms. The van der Waals surface area contributed by atoms with E-state index in [1.165, 1.54) is 0 Å². The molecule has 0 aliphatic carbocycles. The lowest BCUT2D eigenvalue weighted by Crippen LogP contribution is -2.48. The van der Waals surface area contributed by atoms with Gasteiger partial charge in [-0.3, -0.25) is 4.90 Å². The quantitative estimate of drug-likeness (QED) is 0.842. The largest absolute Gasteiger partial charge is 0.388 e. The Bertz CT molecular complexity index is 472. The molecule has 0 bridgehead atoms. The van der Waals surface area contributed by atoms with Gasteiger partial charge >= 0.3 is 0 Å². The lowest BCUT2D eigenvalue weighted by Gasteiger charge is -2.38. The maximum Gasteiger partial charge on any atom is 0.0816 e. The van der Waals surface area contributed by atoms with Crippen LogP contribution in [0.5, 0.6) is 0 Å². The average molecular weight is 377 g/mol. The van der Waals surface area contributed by atoms with Crippen molar-refractivity contribution in [2.75, 3.05) is 19.7 Å². The van der Waals surface area contributed by atoms with Crippen molar-refractivity contribution >= 4 is 27.5 Å². The third-order valence-electron chi connectivity index (χ3n) is 4.06. The molecular weight excluding hydrogens is 354 g/mol. The van der Waals surface area contributed by atoms with Gasteiger partial charge in [0, 0.05) is 28.6 Å². The third-order valence-corrected chi connectivity index (χ3v) is 4.88. The van der Waals surface area contributed by atoms with Crippen molar-refractivity contribution in [3.63, 3.8) is 0 Å².